The molecule has 0 unspecified atom stereocenters. The number of halogens is 3. The molecule has 1 aromatic carbocycles. The fourth-order valence-corrected chi connectivity index (χ4v) is 2.03. The maximum Gasteiger partial charge on any atom is 0.288 e. The fourth-order valence-electron chi connectivity index (χ4n) is 0.812. The lowest BCUT2D eigenvalue weighted by molar-refractivity contribution is -0.385. The Labute approximate surface area is 90.8 Å². The van der Waals surface area contributed by atoms with Crippen LogP contribution in [0.15, 0.2) is 27.6 Å². The Morgan fingerprint density at radius 3 is 2.57 bits per heavy atom. The summed E-state index contributed by atoms with van der Waals surface area (Å²) < 4.78 is 24.1. The molecule has 1 aromatic rings. The van der Waals surface area contributed by atoms with Crippen LogP contribution in [0.1, 0.15) is 0 Å². The van der Waals surface area contributed by atoms with Crippen LogP contribution in [0.5, 0.6) is 0 Å². The average Bonchev–Trinajstić information content (AvgIpc) is 2.01. The molecule has 0 aliphatic heterocycles. The minimum Gasteiger partial charge on any atom is -0.258 e. The van der Waals surface area contributed by atoms with Crippen LogP contribution in [-0.2, 0) is 0 Å². The zero-order valence-corrected chi connectivity index (χ0v) is 9.02. The quantitative estimate of drug-likeness (QED) is 0.483. The van der Waals surface area contributed by atoms with Gasteiger partial charge < -0.3 is 0 Å². The molecule has 0 spiro atoms. The van der Waals surface area contributed by atoms with Crippen LogP contribution in [0, 0.1) is 10.1 Å². The maximum atomic E-state index is 11.9. The third kappa shape index (κ3) is 2.91. The molecule has 0 bridgehead atoms. The van der Waals surface area contributed by atoms with E-state index < -0.39 is 10.7 Å². The van der Waals surface area contributed by atoms with Crippen molar-refractivity contribution in [3.63, 3.8) is 0 Å². The van der Waals surface area contributed by atoms with Crippen molar-refractivity contribution in [3.05, 3.63) is 32.8 Å². The third-order valence-corrected chi connectivity index (χ3v) is 2.68. The second-order valence-corrected chi connectivity index (χ2v) is 4.17. The third-order valence-electron chi connectivity index (χ3n) is 1.34. The molecule has 0 atom stereocenters. The van der Waals surface area contributed by atoms with Crippen molar-refractivity contribution in [2.75, 3.05) is 0 Å². The Morgan fingerprint density at radius 1 is 1.50 bits per heavy atom. The van der Waals surface area contributed by atoms with Gasteiger partial charge in [-0.3, -0.25) is 10.1 Å². The molecular weight excluding hydrogens is 280 g/mol. The first-order chi connectivity index (χ1) is 6.50. The van der Waals surface area contributed by atoms with Gasteiger partial charge in [-0.25, -0.2) is 0 Å². The summed E-state index contributed by atoms with van der Waals surface area (Å²) >= 11 is 3.28. The van der Waals surface area contributed by atoms with E-state index in [4.69, 9.17) is 0 Å². The summed E-state index contributed by atoms with van der Waals surface area (Å²) in [5.74, 6) is -2.52. The summed E-state index contributed by atoms with van der Waals surface area (Å²) in [6, 6.07) is 3.78. The molecule has 7 heteroatoms. The van der Waals surface area contributed by atoms with E-state index in [1.54, 1.807) is 0 Å². The van der Waals surface area contributed by atoms with Crippen molar-refractivity contribution in [2.45, 2.75) is 10.7 Å². The van der Waals surface area contributed by atoms with Crippen molar-refractivity contribution in [2.24, 2.45) is 0 Å². The zero-order chi connectivity index (χ0) is 10.7. The van der Waals surface area contributed by atoms with E-state index in [9.17, 15) is 18.9 Å². The summed E-state index contributed by atoms with van der Waals surface area (Å²) in [5.41, 5.74) is -0.136. The van der Waals surface area contributed by atoms with Crippen LogP contribution in [0.25, 0.3) is 0 Å². The first-order valence-corrected chi connectivity index (χ1v) is 5.06. The molecule has 76 valence electrons. The minimum atomic E-state index is -2.52. The van der Waals surface area contributed by atoms with E-state index in [2.05, 4.69) is 15.9 Å². The van der Waals surface area contributed by atoms with Crippen molar-refractivity contribution in [1.29, 1.82) is 0 Å². The summed E-state index contributed by atoms with van der Waals surface area (Å²) in [6.45, 7) is 0. The maximum absolute atomic E-state index is 11.9. The van der Waals surface area contributed by atoms with E-state index in [-0.39, 0.29) is 15.1 Å². The van der Waals surface area contributed by atoms with E-state index in [0.717, 1.165) is 0 Å². The molecule has 0 N–H and O–H groups in total. The lowest BCUT2D eigenvalue weighted by atomic mass is 10.3. The first kappa shape index (κ1) is 11.4. The predicted octanol–water partition coefficient (Wildman–Crippen LogP) is 3.67. The van der Waals surface area contributed by atoms with Crippen LogP contribution in [-0.4, -0.2) is 10.7 Å². The molecule has 3 nitrogen and oxygen atoms in total. The zero-order valence-electron chi connectivity index (χ0n) is 6.62. The van der Waals surface area contributed by atoms with Gasteiger partial charge in [0.05, 0.1) is 9.40 Å². The molecule has 0 heterocycles. The van der Waals surface area contributed by atoms with Gasteiger partial charge >= 0.3 is 0 Å². The normalized spacial score (nSPS) is 10.6. The highest BCUT2D eigenvalue weighted by Crippen LogP contribution is 2.32. The van der Waals surface area contributed by atoms with Crippen molar-refractivity contribution < 1.29 is 13.7 Å². The van der Waals surface area contributed by atoms with E-state index in [0.29, 0.717) is 11.8 Å². The second kappa shape index (κ2) is 4.70. The van der Waals surface area contributed by atoms with Crippen LogP contribution in [0.2, 0.25) is 0 Å². The van der Waals surface area contributed by atoms with Gasteiger partial charge in [0, 0.05) is 11.0 Å². The van der Waals surface area contributed by atoms with Crippen LogP contribution < -0.4 is 0 Å². The number of thioether (sulfide) groups is 1. The Balaban J connectivity index is 2.94. The van der Waals surface area contributed by atoms with Crippen LogP contribution in [0.4, 0.5) is 14.5 Å². The largest absolute Gasteiger partial charge is 0.288 e. The van der Waals surface area contributed by atoms with Gasteiger partial charge in [-0.1, -0.05) is 11.8 Å². The number of hydrogen-bond acceptors (Lipinski definition) is 3. The smallest absolute Gasteiger partial charge is 0.258 e. The minimum absolute atomic E-state index is 0.136. The topological polar surface area (TPSA) is 43.1 Å². The lowest BCUT2D eigenvalue weighted by Gasteiger charge is -2.00. The van der Waals surface area contributed by atoms with Crippen molar-refractivity contribution in [1.82, 2.24) is 0 Å². The first-order valence-electron chi connectivity index (χ1n) is 3.39. The van der Waals surface area contributed by atoms with Gasteiger partial charge in [-0.05, 0) is 28.1 Å². The Bertz CT molecular complexity index is 362. The van der Waals surface area contributed by atoms with Gasteiger partial charge in [0.2, 0.25) is 0 Å². The fraction of sp³-hybridized carbons (Fsp3) is 0.143. The summed E-state index contributed by atoms with van der Waals surface area (Å²) in [6.07, 6.45) is 0. The van der Waals surface area contributed by atoms with Crippen LogP contribution in [0.3, 0.4) is 0 Å². The molecule has 14 heavy (non-hydrogen) atoms. The lowest BCUT2D eigenvalue weighted by Crippen LogP contribution is -1.89. The van der Waals surface area contributed by atoms with Gasteiger partial charge in [-0.2, -0.15) is 8.78 Å². The summed E-state index contributed by atoms with van der Waals surface area (Å²) in [7, 11) is 0. The van der Waals surface area contributed by atoms with E-state index >= 15 is 0 Å². The van der Waals surface area contributed by atoms with E-state index in [1.807, 2.05) is 0 Å². The molecule has 0 saturated heterocycles. The van der Waals surface area contributed by atoms with Crippen molar-refractivity contribution in [3.8, 4) is 0 Å². The number of alkyl halides is 2. The molecule has 1 rings (SSSR count). The molecule has 0 aliphatic rings. The molecule has 0 saturated carbocycles. The molecule has 0 aliphatic carbocycles. The van der Waals surface area contributed by atoms with Gasteiger partial charge in [0.1, 0.15) is 0 Å². The molecule has 0 amide bonds. The standard InChI is InChI=1S/C7H4BrF2NO2S/c8-5-3-4(14-7(9)10)1-2-6(5)11(12)13/h1-3,7H. The van der Waals surface area contributed by atoms with Gasteiger partial charge in [0.15, 0.2) is 0 Å². The second-order valence-electron chi connectivity index (χ2n) is 2.25. The summed E-state index contributed by atoms with van der Waals surface area (Å²) in [4.78, 5) is 10.1. The molecular formula is C7H4BrF2NO2S. The number of hydrogen-bond donors (Lipinski definition) is 0. The number of nitro benzene ring substituents is 1. The highest BCUT2D eigenvalue weighted by Gasteiger charge is 2.13. The number of rotatable bonds is 3. The Hall–Kier alpha value is -0.690. The summed E-state index contributed by atoms with van der Waals surface area (Å²) in [5, 5.41) is 10.4. The Kier molecular flexibility index (Phi) is 3.82. The van der Waals surface area contributed by atoms with Crippen molar-refractivity contribution >= 4 is 33.4 Å². The average molecular weight is 284 g/mol. The van der Waals surface area contributed by atoms with Gasteiger partial charge in [0.25, 0.3) is 11.4 Å². The number of nitro groups is 1. The van der Waals surface area contributed by atoms with Gasteiger partial charge in [-0.15, -0.1) is 0 Å². The molecule has 0 fully saturated rings. The monoisotopic (exact) mass is 283 g/mol. The molecule has 0 aromatic heterocycles. The van der Waals surface area contributed by atoms with Crippen LogP contribution >= 0.6 is 27.7 Å². The number of nitrogens with zero attached hydrogens (tertiary/aromatic N) is 1. The highest BCUT2D eigenvalue weighted by atomic mass is 79.9. The highest BCUT2D eigenvalue weighted by molar-refractivity contribution is 9.10. The van der Waals surface area contributed by atoms with E-state index in [1.165, 1.54) is 18.2 Å². The predicted molar refractivity (Wildman–Crippen MR) is 52.7 cm³/mol. The number of benzene rings is 1. The SMILES string of the molecule is O=[N+]([O-])c1ccc(SC(F)F)cc1Br. The Morgan fingerprint density at radius 2 is 2.14 bits per heavy atom. The molecule has 0 radical (unpaired) electrons.